The van der Waals surface area contributed by atoms with Gasteiger partial charge in [0.05, 0.1) is 25.6 Å². The van der Waals surface area contributed by atoms with Gasteiger partial charge in [-0.1, -0.05) is 0 Å². The van der Waals surface area contributed by atoms with Gasteiger partial charge in [0.1, 0.15) is 0 Å². The van der Waals surface area contributed by atoms with Gasteiger partial charge < -0.3 is 25.4 Å². The second-order valence-electron chi connectivity index (χ2n) is 5.50. The quantitative estimate of drug-likeness (QED) is 0.542. The highest BCUT2D eigenvalue weighted by atomic mass is 16.5. The van der Waals surface area contributed by atoms with Crippen molar-refractivity contribution in [2.45, 2.75) is 32.7 Å². The maximum absolute atomic E-state index is 6.02. The van der Waals surface area contributed by atoms with Crippen molar-refractivity contribution in [3.05, 3.63) is 12.1 Å². The van der Waals surface area contributed by atoms with E-state index >= 15 is 0 Å². The lowest BCUT2D eigenvalue weighted by atomic mass is 10.2. The Hall–Kier alpha value is -1.62. The van der Waals surface area contributed by atoms with E-state index < -0.39 is 0 Å². The van der Waals surface area contributed by atoms with Crippen LogP contribution in [0.15, 0.2) is 12.1 Å². The van der Waals surface area contributed by atoms with Crippen LogP contribution in [0.5, 0.6) is 11.5 Å². The zero-order valence-corrected chi connectivity index (χ0v) is 13.9. The molecule has 0 unspecified atom stereocenters. The predicted molar refractivity (Wildman–Crippen MR) is 89.4 cm³/mol. The first kappa shape index (κ1) is 17.4. The number of ether oxygens (including phenoxy) is 2. The summed E-state index contributed by atoms with van der Waals surface area (Å²) in [6, 6.07) is 4.27. The number of unbranched alkanes of at least 4 members (excludes halogenated alkanes) is 1. The lowest BCUT2D eigenvalue weighted by molar-refractivity contribution is 0.269. The van der Waals surface area contributed by atoms with E-state index in [4.69, 9.17) is 15.2 Å². The van der Waals surface area contributed by atoms with Gasteiger partial charge in [-0.25, -0.2) is 0 Å². The molecule has 120 valence electrons. The molecule has 0 atom stereocenters. The summed E-state index contributed by atoms with van der Waals surface area (Å²) in [4.78, 5) is 2.35. The van der Waals surface area contributed by atoms with Crippen molar-refractivity contribution in [1.82, 2.24) is 4.90 Å². The van der Waals surface area contributed by atoms with E-state index in [1.54, 1.807) is 20.3 Å². The predicted octanol–water partition coefficient (Wildman–Crippen LogP) is 2.82. The van der Waals surface area contributed by atoms with Crippen molar-refractivity contribution in [2.75, 3.05) is 45.4 Å². The minimum absolute atomic E-state index is 0.597. The van der Waals surface area contributed by atoms with Crippen molar-refractivity contribution in [1.29, 1.82) is 0 Å². The van der Waals surface area contributed by atoms with E-state index in [0.717, 1.165) is 31.6 Å². The number of nitrogens with two attached hydrogens (primary N) is 1. The lowest BCUT2D eigenvalue weighted by Gasteiger charge is -2.20. The third-order valence-corrected chi connectivity index (χ3v) is 3.69. The Balaban J connectivity index is 2.45. The molecule has 1 rings (SSSR count). The molecular formula is C16H29N3O2. The van der Waals surface area contributed by atoms with Gasteiger partial charge >= 0.3 is 0 Å². The van der Waals surface area contributed by atoms with Gasteiger partial charge in [0.15, 0.2) is 11.5 Å². The molecule has 0 aromatic heterocycles. The third kappa shape index (κ3) is 5.34. The largest absolute Gasteiger partial charge is 0.493 e. The number of nitrogen functional groups attached to an aromatic ring is 1. The molecule has 0 saturated carbocycles. The monoisotopic (exact) mass is 295 g/mol. The Morgan fingerprint density at radius 1 is 1.14 bits per heavy atom. The van der Waals surface area contributed by atoms with Crippen LogP contribution in [0, 0.1) is 0 Å². The number of nitrogens with one attached hydrogen (secondary N) is 1. The van der Waals surface area contributed by atoms with Gasteiger partial charge in [-0.2, -0.15) is 0 Å². The fourth-order valence-corrected chi connectivity index (χ4v) is 2.02. The van der Waals surface area contributed by atoms with E-state index in [2.05, 4.69) is 31.1 Å². The second-order valence-corrected chi connectivity index (χ2v) is 5.50. The Morgan fingerprint density at radius 3 is 2.33 bits per heavy atom. The average Bonchev–Trinajstić information content (AvgIpc) is 2.47. The summed E-state index contributed by atoms with van der Waals surface area (Å²) in [6.07, 6.45) is 2.26. The van der Waals surface area contributed by atoms with Gasteiger partial charge in [-0.05, 0) is 40.3 Å². The topological polar surface area (TPSA) is 59.8 Å². The molecule has 0 saturated heterocycles. The van der Waals surface area contributed by atoms with Crippen LogP contribution in [0.2, 0.25) is 0 Å². The number of methoxy groups -OCH3 is 2. The maximum Gasteiger partial charge on any atom is 0.162 e. The highest BCUT2D eigenvalue weighted by Crippen LogP contribution is 2.34. The molecule has 3 N–H and O–H groups in total. The van der Waals surface area contributed by atoms with Crippen molar-refractivity contribution in [3.63, 3.8) is 0 Å². The van der Waals surface area contributed by atoms with E-state index in [-0.39, 0.29) is 0 Å². The molecule has 0 spiro atoms. The van der Waals surface area contributed by atoms with Crippen molar-refractivity contribution in [3.8, 4) is 11.5 Å². The van der Waals surface area contributed by atoms with Crippen molar-refractivity contribution >= 4 is 11.4 Å². The minimum atomic E-state index is 0.597. The zero-order valence-electron chi connectivity index (χ0n) is 13.9. The molecule has 0 heterocycles. The highest BCUT2D eigenvalue weighted by Gasteiger charge is 2.08. The SMILES string of the molecule is COc1cc(N)c(NCCCCN(C)C(C)C)cc1OC. The number of anilines is 2. The van der Waals surface area contributed by atoms with E-state index in [1.807, 2.05) is 6.07 Å². The number of hydrogen-bond donors (Lipinski definition) is 2. The van der Waals surface area contributed by atoms with Crippen LogP contribution in [0.4, 0.5) is 11.4 Å². The summed E-state index contributed by atoms with van der Waals surface area (Å²) in [5, 5.41) is 3.36. The van der Waals surface area contributed by atoms with Gasteiger partial charge in [-0.15, -0.1) is 0 Å². The summed E-state index contributed by atoms with van der Waals surface area (Å²) in [7, 11) is 5.39. The first-order valence-corrected chi connectivity index (χ1v) is 7.45. The second kappa shape index (κ2) is 8.62. The first-order valence-electron chi connectivity index (χ1n) is 7.45. The van der Waals surface area contributed by atoms with Crippen molar-refractivity contribution in [2.24, 2.45) is 0 Å². The Kier molecular flexibility index (Phi) is 7.15. The van der Waals surface area contributed by atoms with Crippen LogP contribution < -0.4 is 20.5 Å². The average molecular weight is 295 g/mol. The van der Waals surface area contributed by atoms with Gasteiger partial charge in [0.2, 0.25) is 0 Å². The number of rotatable bonds is 9. The van der Waals surface area contributed by atoms with Crippen molar-refractivity contribution < 1.29 is 9.47 Å². The fraction of sp³-hybridized carbons (Fsp3) is 0.625. The molecular weight excluding hydrogens is 266 g/mol. The van der Waals surface area contributed by atoms with Gasteiger partial charge in [-0.3, -0.25) is 0 Å². The van der Waals surface area contributed by atoms with E-state index in [0.29, 0.717) is 23.2 Å². The van der Waals surface area contributed by atoms with Crippen LogP contribution >= 0.6 is 0 Å². The van der Waals surface area contributed by atoms with E-state index in [1.165, 1.54) is 0 Å². The zero-order chi connectivity index (χ0) is 15.8. The molecule has 1 aromatic rings. The van der Waals surface area contributed by atoms with Crippen LogP contribution in [-0.4, -0.2) is 45.3 Å². The Morgan fingerprint density at radius 2 is 1.76 bits per heavy atom. The van der Waals surface area contributed by atoms with Crippen LogP contribution in [0.3, 0.4) is 0 Å². The third-order valence-electron chi connectivity index (χ3n) is 3.69. The molecule has 0 amide bonds. The molecule has 5 heteroatoms. The molecule has 0 aliphatic heterocycles. The van der Waals surface area contributed by atoms with Gasteiger partial charge in [0.25, 0.3) is 0 Å². The molecule has 0 radical (unpaired) electrons. The number of nitrogens with zero attached hydrogens (tertiary/aromatic N) is 1. The summed E-state index contributed by atoms with van der Waals surface area (Å²) in [5.74, 6) is 1.34. The minimum Gasteiger partial charge on any atom is -0.493 e. The Labute approximate surface area is 128 Å². The van der Waals surface area contributed by atoms with Crippen LogP contribution in [0.1, 0.15) is 26.7 Å². The van der Waals surface area contributed by atoms with Gasteiger partial charge in [0, 0.05) is 24.7 Å². The molecule has 21 heavy (non-hydrogen) atoms. The normalized spacial score (nSPS) is 11.0. The van der Waals surface area contributed by atoms with E-state index in [9.17, 15) is 0 Å². The molecule has 0 aliphatic carbocycles. The fourth-order valence-electron chi connectivity index (χ4n) is 2.02. The maximum atomic E-state index is 6.02. The molecule has 0 aliphatic rings. The summed E-state index contributed by atoms with van der Waals surface area (Å²) < 4.78 is 10.5. The smallest absolute Gasteiger partial charge is 0.162 e. The Bertz CT molecular complexity index is 436. The van der Waals surface area contributed by atoms with Crippen LogP contribution in [-0.2, 0) is 0 Å². The number of hydrogen-bond acceptors (Lipinski definition) is 5. The molecule has 0 fully saturated rings. The summed E-state index contributed by atoms with van der Waals surface area (Å²) in [5.41, 5.74) is 7.58. The summed E-state index contributed by atoms with van der Waals surface area (Å²) >= 11 is 0. The standard InChI is InChI=1S/C16H29N3O2/c1-12(2)19(3)9-7-6-8-18-14-11-16(21-5)15(20-4)10-13(14)17/h10-12,18H,6-9,17H2,1-5H3. The first-order chi connectivity index (χ1) is 9.99. The van der Waals surface area contributed by atoms with Crippen LogP contribution in [0.25, 0.3) is 0 Å². The molecule has 5 nitrogen and oxygen atoms in total. The summed E-state index contributed by atoms with van der Waals surface area (Å²) in [6.45, 7) is 6.43. The molecule has 0 bridgehead atoms. The lowest BCUT2D eigenvalue weighted by Crippen LogP contribution is -2.27. The number of benzene rings is 1. The highest BCUT2D eigenvalue weighted by molar-refractivity contribution is 5.71. The molecule has 1 aromatic carbocycles.